The van der Waals surface area contributed by atoms with Gasteiger partial charge in [0.15, 0.2) is 5.71 Å². The third-order valence-electron chi connectivity index (χ3n) is 13.2. The highest BCUT2D eigenvalue weighted by atomic mass is 32.2. The van der Waals surface area contributed by atoms with Crippen LogP contribution in [0.25, 0.3) is 21.5 Å². The first-order chi connectivity index (χ1) is 31.8. The van der Waals surface area contributed by atoms with Gasteiger partial charge in [0.2, 0.25) is 11.6 Å². The van der Waals surface area contributed by atoms with E-state index in [0.717, 1.165) is 74.9 Å². The van der Waals surface area contributed by atoms with Crippen LogP contribution in [0.15, 0.2) is 103 Å². The molecule has 2 N–H and O–H groups in total. The second kappa shape index (κ2) is 23.9. The molecule has 356 valence electrons. The van der Waals surface area contributed by atoms with Crippen LogP contribution in [0.3, 0.4) is 0 Å². The first-order valence-corrected chi connectivity index (χ1v) is 25.9. The average molecular weight is 921 g/mol. The molecule has 0 aliphatic carbocycles. The molecule has 1 amide bonds. The van der Waals surface area contributed by atoms with Gasteiger partial charge in [0.1, 0.15) is 6.54 Å². The van der Waals surface area contributed by atoms with E-state index in [4.69, 9.17) is 14.2 Å². The van der Waals surface area contributed by atoms with Gasteiger partial charge in [0.25, 0.3) is 10.1 Å². The van der Waals surface area contributed by atoms with Gasteiger partial charge in [0.05, 0.1) is 44.2 Å². The zero-order valence-corrected chi connectivity index (χ0v) is 41.2. The van der Waals surface area contributed by atoms with Gasteiger partial charge in [-0.15, -0.1) is 0 Å². The highest BCUT2D eigenvalue weighted by Crippen LogP contribution is 2.53. The minimum absolute atomic E-state index is 0.0232. The van der Waals surface area contributed by atoms with Crippen molar-refractivity contribution in [1.82, 2.24) is 5.32 Å². The van der Waals surface area contributed by atoms with Gasteiger partial charge in [-0.2, -0.15) is 13.0 Å². The van der Waals surface area contributed by atoms with Crippen LogP contribution in [-0.4, -0.2) is 94.2 Å². The summed E-state index contributed by atoms with van der Waals surface area (Å²) in [6, 6.07) is 24.0. The predicted molar refractivity (Wildman–Crippen MR) is 271 cm³/mol. The van der Waals surface area contributed by atoms with E-state index in [0.29, 0.717) is 52.5 Å². The van der Waals surface area contributed by atoms with E-state index < -0.39 is 15.5 Å². The molecule has 0 bridgehead atoms. The highest BCUT2D eigenvalue weighted by Gasteiger charge is 2.46. The van der Waals surface area contributed by atoms with Crippen molar-refractivity contribution in [3.05, 3.63) is 119 Å². The lowest BCUT2D eigenvalue weighted by molar-refractivity contribution is -0.438. The molecule has 10 nitrogen and oxygen atoms in total. The molecule has 4 aromatic carbocycles. The quantitative estimate of drug-likeness (QED) is 0.0263. The summed E-state index contributed by atoms with van der Waals surface area (Å²) in [4.78, 5) is 15.0. The normalized spacial score (nSPS) is 17.6. The van der Waals surface area contributed by atoms with E-state index in [-0.39, 0.29) is 23.5 Å². The molecule has 0 radical (unpaired) electrons. The summed E-state index contributed by atoms with van der Waals surface area (Å²) in [5.41, 5.74) is 8.00. The summed E-state index contributed by atoms with van der Waals surface area (Å²) >= 11 is 0. The Bertz CT molecular complexity index is 2520. The van der Waals surface area contributed by atoms with Crippen LogP contribution in [0.5, 0.6) is 0 Å². The molecule has 0 saturated heterocycles. The summed E-state index contributed by atoms with van der Waals surface area (Å²) in [5, 5.41) is 7.93. The number of anilines is 1. The summed E-state index contributed by atoms with van der Waals surface area (Å²) in [6.07, 6.45) is 18.2. The second-order valence-corrected chi connectivity index (χ2v) is 20.1. The number of carbonyl (C=O) groups excluding carboxylic acids is 1. The Morgan fingerprint density at radius 2 is 1.50 bits per heavy atom. The van der Waals surface area contributed by atoms with Crippen LogP contribution < -0.4 is 10.2 Å². The zero-order chi connectivity index (χ0) is 47.2. The van der Waals surface area contributed by atoms with Crippen molar-refractivity contribution in [3.8, 4) is 0 Å². The van der Waals surface area contributed by atoms with Gasteiger partial charge >= 0.3 is 0 Å². The molecule has 66 heavy (non-hydrogen) atoms. The van der Waals surface area contributed by atoms with Crippen LogP contribution >= 0.6 is 0 Å². The molecule has 1 atom stereocenters. The fourth-order valence-corrected chi connectivity index (χ4v) is 10.5. The minimum atomic E-state index is -4.13. The molecule has 0 aromatic heterocycles. The van der Waals surface area contributed by atoms with Gasteiger partial charge in [0, 0.05) is 67.0 Å². The summed E-state index contributed by atoms with van der Waals surface area (Å²) < 4.78 is 52.6. The van der Waals surface area contributed by atoms with Crippen molar-refractivity contribution in [2.75, 3.05) is 69.9 Å². The highest BCUT2D eigenvalue weighted by molar-refractivity contribution is 7.85. The molecule has 2 aliphatic rings. The SMILES string of the molecule is CCCC[N+]1=C(/C=C/C=C/C=C2/N(CCCS(=O)(=O)O)c3ccc4ccccc4c3C2(C)CCCCCC(=O)NCCOCCOCCOCCC)C(C)(C)c2c1ccc1c(C)cccc21. The Kier molecular flexibility index (Phi) is 18.4. The Balaban J connectivity index is 1.18. The van der Waals surface area contributed by atoms with Crippen molar-refractivity contribution in [3.63, 3.8) is 0 Å². The van der Waals surface area contributed by atoms with Crippen molar-refractivity contribution in [1.29, 1.82) is 0 Å². The van der Waals surface area contributed by atoms with E-state index in [1.807, 2.05) is 0 Å². The number of hydrogen-bond acceptors (Lipinski definition) is 7. The summed E-state index contributed by atoms with van der Waals surface area (Å²) in [5.74, 6) is -0.289. The minimum Gasteiger partial charge on any atom is -0.379 e. The molecule has 2 aliphatic heterocycles. The van der Waals surface area contributed by atoms with Gasteiger partial charge in [-0.05, 0) is 104 Å². The lowest BCUT2D eigenvalue weighted by Gasteiger charge is -2.31. The van der Waals surface area contributed by atoms with Gasteiger partial charge in [-0.1, -0.05) is 99.9 Å². The largest absolute Gasteiger partial charge is 0.379 e. The Morgan fingerprint density at radius 1 is 0.758 bits per heavy atom. The number of allylic oxidation sites excluding steroid dienone is 6. The molecule has 0 fully saturated rings. The van der Waals surface area contributed by atoms with Crippen molar-refractivity contribution in [2.24, 2.45) is 0 Å². The second-order valence-electron chi connectivity index (χ2n) is 18.5. The zero-order valence-electron chi connectivity index (χ0n) is 40.4. The van der Waals surface area contributed by atoms with Crippen LogP contribution in [0.2, 0.25) is 0 Å². The molecule has 6 rings (SSSR count). The number of carbonyl (C=O) groups is 1. The number of nitrogens with zero attached hydrogens (tertiary/aromatic N) is 2. The standard InChI is InChI=1S/C55H73N3O7S/c1-7-9-33-57-47-30-28-44-42(3)20-18-23-46(44)52(47)54(4,5)49(57)24-12-10-13-25-50-55(6,31-17-11-14-26-51(59)56-32-36-64-38-40-65-39-37-63-35-8-2)53-45-22-16-15-21-43(45)27-29-48(53)58(50)34-19-41-66(60,61)62/h10,12-13,15-16,18,20-25,27-30H,7-9,11,14,17,19,26,31-41H2,1-6H3,(H-,56,59,60,61,62)/p+1. The Hall–Kier alpha value is -4.65. The number of hydrogen-bond donors (Lipinski definition) is 2. The van der Waals surface area contributed by atoms with E-state index >= 15 is 0 Å². The number of amides is 1. The third-order valence-corrected chi connectivity index (χ3v) is 14.0. The lowest BCUT2D eigenvalue weighted by Crippen LogP contribution is -2.30. The molecule has 2 heterocycles. The number of nitrogens with one attached hydrogen (secondary N) is 1. The van der Waals surface area contributed by atoms with Gasteiger partial charge < -0.3 is 24.4 Å². The first kappa shape index (κ1) is 50.8. The fraction of sp³-hybridized carbons (Fsp3) is 0.491. The molecule has 0 spiro atoms. The van der Waals surface area contributed by atoms with Crippen LogP contribution in [0.4, 0.5) is 11.4 Å². The maximum atomic E-state index is 12.7. The van der Waals surface area contributed by atoms with Crippen LogP contribution in [0.1, 0.15) is 109 Å². The number of benzene rings is 4. The molecule has 1 unspecified atom stereocenters. The Labute approximate surface area is 394 Å². The fourth-order valence-electron chi connectivity index (χ4n) is 9.97. The predicted octanol–water partition coefficient (Wildman–Crippen LogP) is 11.1. The monoisotopic (exact) mass is 921 g/mol. The topological polar surface area (TPSA) is 117 Å². The summed E-state index contributed by atoms with van der Waals surface area (Å²) in [6.45, 7) is 18.6. The van der Waals surface area contributed by atoms with E-state index in [9.17, 15) is 17.8 Å². The smallest absolute Gasteiger partial charge is 0.264 e. The van der Waals surface area contributed by atoms with E-state index in [2.05, 4.69) is 153 Å². The molecular formula is C55H74N3O7S+. The van der Waals surface area contributed by atoms with Gasteiger partial charge in [-0.25, -0.2) is 0 Å². The van der Waals surface area contributed by atoms with Crippen molar-refractivity contribution < 1.29 is 36.6 Å². The van der Waals surface area contributed by atoms with Crippen LogP contribution in [-0.2, 0) is 40.0 Å². The summed E-state index contributed by atoms with van der Waals surface area (Å²) in [7, 11) is -4.13. The average Bonchev–Trinajstić information content (AvgIpc) is 3.66. The third kappa shape index (κ3) is 12.5. The van der Waals surface area contributed by atoms with Gasteiger partial charge in [-0.3, -0.25) is 9.35 Å². The van der Waals surface area contributed by atoms with Crippen molar-refractivity contribution >= 4 is 54.7 Å². The molecular weight excluding hydrogens is 847 g/mol. The number of rotatable bonds is 27. The number of fused-ring (bicyclic) bond motifs is 6. The lowest BCUT2D eigenvalue weighted by atomic mass is 9.75. The van der Waals surface area contributed by atoms with Crippen LogP contribution in [0, 0.1) is 6.92 Å². The van der Waals surface area contributed by atoms with E-state index in [1.54, 1.807) is 0 Å². The number of unbranched alkanes of at least 4 members (excludes halogenated alkanes) is 3. The number of ether oxygens (including phenoxy) is 3. The molecule has 4 aromatic rings. The Morgan fingerprint density at radius 3 is 2.26 bits per heavy atom. The molecule has 0 saturated carbocycles. The van der Waals surface area contributed by atoms with E-state index in [1.165, 1.54) is 44.2 Å². The maximum Gasteiger partial charge on any atom is 0.264 e. The maximum absolute atomic E-state index is 12.7. The molecule has 11 heteroatoms. The van der Waals surface area contributed by atoms with Crippen molar-refractivity contribution in [2.45, 2.75) is 110 Å². The first-order valence-electron chi connectivity index (χ1n) is 24.3. The number of aryl methyl sites for hydroxylation is 1.